The molecular weight excluding hydrogens is 446 g/mol. The number of nitrogens with zero attached hydrogens (tertiary/aromatic N) is 5. The Morgan fingerprint density at radius 3 is 2.44 bits per heavy atom. The summed E-state index contributed by atoms with van der Waals surface area (Å²) in [6.07, 6.45) is 4.58. The summed E-state index contributed by atoms with van der Waals surface area (Å²) < 4.78 is 26.7. The Kier molecular flexibility index (Phi) is 6.52. The van der Waals surface area contributed by atoms with Crippen LogP contribution >= 0.6 is 11.8 Å². The van der Waals surface area contributed by atoms with E-state index >= 15 is 0 Å². The van der Waals surface area contributed by atoms with Crippen LogP contribution in [0.3, 0.4) is 0 Å². The van der Waals surface area contributed by atoms with Crippen molar-refractivity contribution in [3.63, 3.8) is 0 Å². The van der Waals surface area contributed by atoms with Crippen LogP contribution in [0.2, 0.25) is 0 Å². The third-order valence-electron chi connectivity index (χ3n) is 4.86. The largest absolute Gasteiger partial charge is 0.297 e. The first kappa shape index (κ1) is 22.0. The molecule has 4 rings (SSSR count). The van der Waals surface area contributed by atoms with E-state index in [-0.39, 0.29) is 22.8 Å². The van der Waals surface area contributed by atoms with E-state index in [9.17, 15) is 13.2 Å². The van der Waals surface area contributed by atoms with Crippen LogP contribution in [0.15, 0.2) is 87.8 Å². The number of aromatic nitrogens is 2. The number of hydrogen-bond donors (Lipinski definition) is 0. The van der Waals surface area contributed by atoms with Crippen molar-refractivity contribution in [2.24, 2.45) is 4.99 Å². The molecule has 0 fully saturated rings. The number of amides is 1. The molecule has 3 aromatic rings. The number of benzene rings is 2. The molecule has 0 radical (unpaired) electrons. The molecule has 0 aliphatic carbocycles. The van der Waals surface area contributed by atoms with E-state index in [4.69, 9.17) is 0 Å². The number of aliphatic imine (C=N–C) groups is 1. The molecule has 1 unspecified atom stereocenters. The number of thioether (sulfide) groups is 1. The molecule has 164 valence electrons. The normalized spacial score (nSPS) is 15.7. The molecule has 2 heterocycles. The van der Waals surface area contributed by atoms with Gasteiger partial charge in [0.2, 0.25) is 5.95 Å². The lowest BCUT2D eigenvalue weighted by molar-refractivity contribution is 0.0858. The van der Waals surface area contributed by atoms with Crippen molar-refractivity contribution in [2.45, 2.75) is 15.8 Å². The maximum Gasteiger partial charge on any atom is 0.266 e. The van der Waals surface area contributed by atoms with Gasteiger partial charge in [-0.3, -0.25) is 14.7 Å². The van der Waals surface area contributed by atoms with Crippen molar-refractivity contribution < 1.29 is 13.2 Å². The predicted octanol–water partition coefficient (Wildman–Crippen LogP) is 2.95. The van der Waals surface area contributed by atoms with Crippen LogP contribution in [0.1, 0.15) is 10.4 Å². The van der Waals surface area contributed by atoms with Crippen molar-refractivity contribution >= 4 is 40.0 Å². The second kappa shape index (κ2) is 9.49. The average Bonchev–Trinajstić information content (AvgIpc) is 3.32. The molecule has 0 saturated heterocycles. The lowest BCUT2D eigenvalue weighted by Crippen LogP contribution is -2.30. The van der Waals surface area contributed by atoms with Gasteiger partial charge in [-0.15, -0.1) is 11.8 Å². The van der Waals surface area contributed by atoms with Crippen molar-refractivity contribution in [3.05, 3.63) is 78.6 Å². The standard InChI is InChI=1S/C22H21N5O3S2/c1-26(22-23-12-5-13-24-22)32(29,30)20-10-8-19(9-11-20)31-15-18-14-27(16-25-18)21(28)17-6-3-2-4-7-17/h2-13,16,18H,14-15H2,1H3. The zero-order valence-corrected chi connectivity index (χ0v) is 18.9. The monoisotopic (exact) mass is 467 g/mol. The smallest absolute Gasteiger partial charge is 0.266 e. The Bertz CT molecular complexity index is 1200. The number of carbonyl (C=O) groups is 1. The summed E-state index contributed by atoms with van der Waals surface area (Å²) in [7, 11) is -2.33. The van der Waals surface area contributed by atoms with Gasteiger partial charge in [0.1, 0.15) is 0 Å². The molecule has 1 aromatic heterocycles. The molecule has 0 bridgehead atoms. The van der Waals surface area contributed by atoms with Gasteiger partial charge in [0.05, 0.1) is 23.8 Å². The van der Waals surface area contributed by atoms with Crippen LogP contribution in [-0.4, -0.2) is 60.9 Å². The van der Waals surface area contributed by atoms with Gasteiger partial charge in [0, 0.05) is 35.7 Å². The second-order valence-electron chi connectivity index (χ2n) is 7.05. The molecule has 32 heavy (non-hydrogen) atoms. The van der Waals surface area contributed by atoms with Crippen molar-refractivity contribution in [1.29, 1.82) is 0 Å². The van der Waals surface area contributed by atoms with Crippen LogP contribution < -0.4 is 4.31 Å². The van der Waals surface area contributed by atoms with Gasteiger partial charge in [-0.05, 0) is 42.5 Å². The first-order valence-corrected chi connectivity index (χ1v) is 12.3. The molecule has 1 aliphatic rings. The van der Waals surface area contributed by atoms with E-state index in [1.165, 1.54) is 19.4 Å². The van der Waals surface area contributed by atoms with E-state index in [0.717, 1.165) is 9.20 Å². The number of carbonyl (C=O) groups excluding carboxylic acids is 1. The number of sulfonamides is 1. The molecular formula is C22H21N5O3S2. The van der Waals surface area contributed by atoms with E-state index in [0.29, 0.717) is 17.9 Å². The molecule has 8 nitrogen and oxygen atoms in total. The zero-order valence-electron chi connectivity index (χ0n) is 17.3. The zero-order chi connectivity index (χ0) is 22.6. The minimum atomic E-state index is -3.75. The number of rotatable bonds is 7. The van der Waals surface area contributed by atoms with Crippen LogP contribution in [-0.2, 0) is 10.0 Å². The average molecular weight is 468 g/mol. The van der Waals surface area contributed by atoms with Crippen LogP contribution in [0.25, 0.3) is 0 Å². The minimum absolute atomic E-state index is 0.0163. The SMILES string of the molecule is CN(c1ncccn1)S(=O)(=O)c1ccc(SCC2CN(C(=O)c3ccccc3)C=N2)cc1. The van der Waals surface area contributed by atoms with Crippen LogP contribution in [0.4, 0.5) is 5.95 Å². The summed E-state index contributed by atoms with van der Waals surface area (Å²) in [6.45, 7) is 0.523. The maximum atomic E-state index is 12.8. The Balaban J connectivity index is 1.34. The summed E-state index contributed by atoms with van der Waals surface area (Å²) in [5.74, 6) is 0.724. The lowest BCUT2D eigenvalue weighted by Gasteiger charge is -2.17. The fourth-order valence-corrected chi connectivity index (χ4v) is 5.10. The molecule has 0 N–H and O–H groups in total. The minimum Gasteiger partial charge on any atom is -0.297 e. The Morgan fingerprint density at radius 2 is 1.75 bits per heavy atom. The molecule has 0 saturated carbocycles. The highest BCUT2D eigenvalue weighted by atomic mass is 32.2. The first-order chi connectivity index (χ1) is 15.4. The maximum absolute atomic E-state index is 12.8. The second-order valence-corrected chi connectivity index (χ2v) is 10.1. The molecule has 1 amide bonds. The van der Waals surface area contributed by atoms with Gasteiger partial charge in [0.25, 0.3) is 15.9 Å². The highest BCUT2D eigenvalue weighted by molar-refractivity contribution is 7.99. The summed E-state index contributed by atoms with van der Waals surface area (Å²) in [4.78, 5) is 27.6. The quantitative estimate of drug-likeness (QED) is 0.496. The summed E-state index contributed by atoms with van der Waals surface area (Å²) in [6, 6.07) is 17.4. The number of anilines is 1. The van der Waals surface area contributed by atoms with Gasteiger partial charge in [-0.1, -0.05) is 18.2 Å². The highest BCUT2D eigenvalue weighted by Gasteiger charge is 2.25. The third-order valence-corrected chi connectivity index (χ3v) is 7.77. The highest BCUT2D eigenvalue weighted by Crippen LogP contribution is 2.25. The Hall–Kier alpha value is -3.24. The summed E-state index contributed by atoms with van der Waals surface area (Å²) >= 11 is 1.57. The van der Waals surface area contributed by atoms with E-state index in [2.05, 4.69) is 15.0 Å². The van der Waals surface area contributed by atoms with Crippen LogP contribution in [0, 0.1) is 0 Å². The number of hydrogen-bond acceptors (Lipinski definition) is 7. The summed E-state index contributed by atoms with van der Waals surface area (Å²) in [5, 5.41) is 0. The van der Waals surface area contributed by atoms with Gasteiger partial charge in [-0.2, -0.15) is 0 Å². The van der Waals surface area contributed by atoms with Gasteiger partial charge >= 0.3 is 0 Å². The fraction of sp³-hybridized carbons (Fsp3) is 0.182. The Morgan fingerprint density at radius 1 is 1.06 bits per heavy atom. The Labute approximate surface area is 191 Å². The van der Waals surface area contributed by atoms with Crippen molar-refractivity contribution in [1.82, 2.24) is 14.9 Å². The predicted molar refractivity (Wildman–Crippen MR) is 125 cm³/mol. The van der Waals surface area contributed by atoms with Crippen molar-refractivity contribution in [2.75, 3.05) is 23.7 Å². The van der Waals surface area contributed by atoms with Gasteiger partial charge in [-0.25, -0.2) is 22.7 Å². The van der Waals surface area contributed by atoms with Gasteiger partial charge < -0.3 is 0 Å². The lowest BCUT2D eigenvalue weighted by atomic mass is 10.2. The van der Waals surface area contributed by atoms with E-state index in [1.54, 1.807) is 65.5 Å². The third kappa shape index (κ3) is 4.81. The topological polar surface area (TPSA) is 95.8 Å². The van der Waals surface area contributed by atoms with E-state index < -0.39 is 10.0 Å². The molecule has 2 aromatic carbocycles. The molecule has 1 aliphatic heterocycles. The first-order valence-electron chi connectivity index (χ1n) is 9.83. The summed E-state index contributed by atoms with van der Waals surface area (Å²) in [5.41, 5.74) is 0.634. The van der Waals surface area contributed by atoms with Crippen LogP contribution in [0.5, 0.6) is 0 Å². The van der Waals surface area contributed by atoms with Gasteiger partial charge in [0.15, 0.2) is 0 Å². The molecule has 10 heteroatoms. The van der Waals surface area contributed by atoms with Crippen molar-refractivity contribution in [3.8, 4) is 0 Å². The molecule has 1 atom stereocenters. The molecule has 0 spiro atoms. The van der Waals surface area contributed by atoms with E-state index in [1.807, 2.05) is 18.2 Å². The fourth-order valence-electron chi connectivity index (χ4n) is 3.09.